The predicted octanol–water partition coefficient (Wildman–Crippen LogP) is 2.24. The lowest BCUT2D eigenvalue weighted by molar-refractivity contribution is -0.134. The summed E-state index contributed by atoms with van der Waals surface area (Å²) in [6, 6.07) is 8.82. The van der Waals surface area contributed by atoms with Crippen molar-refractivity contribution in [2.45, 2.75) is 25.8 Å². The van der Waals surface area contributed by atoms with E-state index in [9.17, 15) is 9.59 Å². The molecule has 0 spiro atoms. The fraction of sp³-hybridized carbons (Fsp3) is 0.450. The fourth-order valence-electron chi connectivity index (χ4n) is 3.61. The van der Waals surface area contributed by atoms with Gasteiger partial charge in [-0.15, -0.1) is 0 Å². The molecule has 0 bridgehead atoms. The van der Waals surface area contributed by atoms with E-state index in [1.54, 1.807) is 34.1 Å². The Kier molecular flexibility index (Phi) is 5.52. The van der Waals surface area contributed by atoms with E-state index in [1.165, 1.54) is 0 Å². The standard InChI is InChI=1S/C20H23ClN4O3/c21-15-4-6-17(7-5-15)28-14-19(26)23-9-11-24(12-10-23)20(27)18-13-16-3-1-2-8-25(16)22-18/h4-7,13H,1-3,8-12,14H2. The Hall–Kier alpha value is -2.54. The zero-order chi connectivity index (χ0) is 19.5. The SMILES string of the molecule is O=C(COc1ccc(Cl)cc1)N1CCN(C(=O)c2cc3n(n2)CCCC3)CC1. The Labute approximate surface area is 168 Å². The quantitative estimate of drug-likeness (QED) is 0.786. The molecule has 1 fully saturated rings. The van der Waals surface area contributed by atoms with Gasteiger partial charge in [-0.25, -0.2) is 0 Å². The first-order valence-electron chi connectivity index (χ1n) is 9.62. The maximum atomic E-state index is 12.7. The third-order valence-corrected chi connectivity index (χ3v) is 5.48. The molecular weight excluding hydrogens is 380 g/mol. The largest absolute Gasteiger partial charge is 0.484 e. The first kappa shape index (κ1) is 18.8. The third-order valence-electron chi connectivity index (χ3n) is 5.23. The molecular formula is C20H23ClN4O3. The van der Waals surface area contributed by atoms with Crippen LogP contribution in [0.4, 0.5) is 0 Å². The molecule has 2 aliphatic heterocycles. The van der Waals surface area contributed by atoms with Crippen LogP contribution in [0.25, 0.3) is 0 Å². The summed E-state index contributed by atoms with van der Waals surface area (Å²) in [6.45, 7) is 2.88. The van der Waals surface area contributed by atoms with Crippen molar-refractivity contribution in [2.75, 3.05) is 32.8 Å². The van der Waals surface area contributed by atoms with Crippen LogP contribution in [0.3, 0.4) is 0 Å². The summed E-state index contributed by atoms with van der Waals surface area (Å²) in [5.41, 5.74) is 1.66. The Morgan fingerprint density at radius 1 is 1.00 bits per heavy atom. The van der Waals surface area contributed by atoms with Crippen molar-refractivity contribution < 1.29 is 14.3 Å². The molecule has 0 atom stereocenters. The average Bonchev–Trinajstić information content (AvgIpc) is 3.17. The van der Waals surface area contributed by atoms with Crippen LogP contribution in [0.5, 0.6) is 5.75 Å². The number of nitrogens with zero attached hydrogens (tertiary/aromatic N) is 4. The molecule has 1 saturated heterocycles. The van der Waals surface area contributed by atoms with Gasteiger partial charge in [0.05, 0.1) is 0 Å². The number of benzene rings is 1. The molecule has 0 aliphatic carbocycles. The molecule has 2 amide bonds. The number of fused-ring (bicyclic) bond motifs is 1. The van der Waals surface area contributed by atoms with Gasteiger partial charge < -0.3 is 14.5 Å². The van der Waals surface area contributed by atoms with E-state index in [0.29, 0.717) is 42.6 Å². The molecule has 0 unspecified atom stereocenters. The molecule has 3 heterocycles. The number of halogens is 1. The van der Waals surface area contributed by atoms with Gasteiger partial charge in [0, 0.05) is 43.4 Å². The number of piperazine rings is 1. The second-order valence-corrected chi connectivity index (χ2v) is 7.55. The van der Waals surface area contributed by atoms with Gasteiger partial charge in [0.1, 0.15) is 5.75 Å². The zero-order valence-electron chi connectivity index (χ0n) is 15.6. The lowest BCUT2D eigenvalue weighted by Gasteiger charge is -2.34. The predicted molar refractivity (Wildman–Crippen MR) is 105 cm³/mol. The molecule has 8 heteroatoms. The summed E-state index contributed by atoms with van der Waals surface area (Å²) in [7, 11) is 0. The number of hydrogen-bond donors (Lipinski definition) is 0. The molecule has 7 nitrogen and oxygen atoms in total. The molecule has 1 aromatic carbocycles. The number of ether oxygens (including phenoxy) is 1. The summed E-state index contributed by atoms with van der Waals surface area (Å²) >= 11 is 5.84. The van der Waals surface area contributed by atoms with Crippen LogP contribution in [0.1, 0.15) is 29.0 Å². The average molecular weight is 403 g/mol. The van der Waals surface area contributed by atoms with E-state index in [2.05, 4.69) is 5.10 Å². The summed E-state index contributed by atoms with van der Waals surface area (Å²) in [4.78, 5) is 28.6. The summed E-state index contributed by atoms with van der Waals surface area (Å²) in [5, 5.41) is 5.09. The van der Waals surface area contributed by atoms with Gasteiger partial charge >= 0.3 is 0 Å². The van der Waals surface area contributed by atoms with Crippen LogP contribution in [-0.4, -0.2) is 64.2 Å². The van der Waals surface area contributed by atoms with Crippen LogP contribution < -0.4 is 4.74 Å². The Balaban J connectivity index is 1.27. The second kappa shape index (κ2) is 8.22. The zero-order valence-corrected chi connectivity index (χ0v) is 16.4. The number of carbonyl (C=O) groups excluding carboxylic acids is 2. The maximum absolute atomic E-state index is 12.7. The van der Waals surface area contributed by atoms with E-state index in [1.807, 2.05) is 10.7 Å². The van der Waals surface area contributed by atoms with E-state index in [-0.39, 0.29) is 18.4 Å². The van der Waals surface area contributed by atoms with Crippen LogP contribution in [0.2, 0.25) is 5.02 Å². The topological polar surface area (TPSA) is 67.7 Å². The lowest BCUT2D eigenvalue weighted by atomic mass is 10.1. The van der Waals surface area contributed by atoms with E-state index in [0.717, 1.165) is 31.5 Å². The van der Waals surface area contributed by atoms with E-state index >= 15 is 0 Å². The molecule has 2 aliphatic rings. The molecule has 1 aromatic heterocycles. The van der Waals surface area contributed by atoms with Crippen molar-refractivity contribution in [1.82, 2.24) is 19.6 Å². The number of aryl methyl sites for hydroxylation is 2. The number of rotatable bonds is 4. The Morgan fingerprint density at radius 2 is 1.71 bits per heavy atom. The summed E-state index contributed by atoms with van der Waals surface area (Å²) in [6.07, 6.45) is 3.25. The first-order chi connectivity index (χ1) is 13.6. The minimum atomic E-state index is -0.0838. The van der Waals surface area contributed by atoms with Crippen LogP contribution in [0, 0.1) is 0 Å². The minimum absolute atomic E-state index is 0.0245. The number of hydrogen-bond acceptors (Lipinski definition) is 4. The second-order valence-electron chi connectivity index (χ2n) is 7.12. The maximum Gasteiger partial charge on any atom is 0.274 e. The van der Waals surface area contributed by atoms with Gasteiger partial charge in [-0.3, -0.25) is 14.3 Å². The molecule has 0 radical (unpaired) electrons. The molecule has 0 saturated carbocycles. The van der Waals surface area contributed by atoms with Crippen LogP contribution >= 0.6 is 11.6 Å². The Morgan fingerprint density at radius 3 is 2.43 bits per heavy atom. The molecule has 148 valence electrons. The van der Waals surface area contributed by atoms with Crippen molar-refractivity contribution in [2.24, 2.45) is 0 Å². The smallest absolute Gasteiger partial charge is 0.274 e. The number of amides is 2. The van der Waals surface area contributed by atoms with Gasteiger partial charge in [-0.1, -0.05) is 11.6 Å². The van der Waals surface area contributed by atoms with Crippen molar-refractivity contribution in [1.29, 1.82) is 0 Å². The van der Waals surface area contributed by atoms with Crippen molar-refractivity contribution in [3.8, 4) is 5.75 Å². The third kappa shape index (κ3) is 4.14. The monoisotopic (exact) mass is 402 g/mol. The van der Waals surface area contributed by atoms with Crippen molar-refractivity contribution >= 4 is 23.4 Å². The summed E-state index contributed by atoms with van der Waals surface area (Å²) in [5.74, 6) is 0.473. The highest BCUT2D eigenvalue weighted by Crippen LogP contribution is 2.18. The van der Waals surface area contributed by atoms with Gasteiger partial charge in [0.25, 0.3) is 11.8 Å². The highest BCUT2D eigenvalue weighted by atomic mass is 35.5. The Bertz CT molecular complexity index is 833. The van der Waals surface area contributed by atoms with Gasteiger partial charge in [-0.2, -0.15) is 5.10 Å². The van der Waals surface area contributed by atoms with E-state index in [4.69, 9.17) is 16.3 Å². The normalized spacial score (nSPS) is 16.6. The van der Waals surface area contributed by atoms with Crippen molar-refractivity contribution in [3.63, 3.8) is 0 Å². The van der Waals surface area contributed by atoms with Crippen LogP contribution in [-0.2, 0) is 17.8 Å². The molecule has 28 heavy (non-hydrogen) atoms. The highest BCUT2D eigenvalue weighted by Gasteiger charge is 2.27. The van der Waals surface area contributed by atoms with Crippen molar-refractivity contribution in [3.05, 3.63) is 46.7 Å². The fourth-order valence-corrected chi connectivity index (χ4v) is 3.74. The number of aromatic nitrogens is 2. The first-order valence-corrected chi connectivity index (χ1v) is 10.00. The molecule has 0 N–H and O–H groups in total. The van der Waals surface area contributed by atoms with Gasteiger partial charge in [-0.05, 0) is 49.6 Å². The molecule has 2 aromatic rings. The van der Waals surface area contributed by atoms with Crippen LogP contribution in [0.15, 0.2) is 30.3 Å². The molecule has 4 rings (SSSR count). The lowest BCUT2D eigenvalue weighted by Crippen LogP contribution is -2.51. The number of carbonyl (C=O) groups is 2. The highest BCUT2D eigenvalue weighted by molar-refractivity contribution is 6.30. The summed E-state index contributed by atoms with van der Waals surface area (Å²) < 4.78 is 7.47. The van der Waals surface area contributed by atoms with Gasteiger partial charge in [0.15, 0.2) is 12.3 Å². The minimum Gasteiger partial charge on any atom is -0.484 e. The van der Waals surface area contributed by atoms with E-state index < -0.39 is 0 Å². The van der Waals surface area contributed by atoms with Gasteiger partial charge in [0.2, 0.25) is 0 Å².